The molecule has 0 amide bonds. The normalized spacial score (nSPS) is 15.7. The lowest BCUT2D eigenvalue weighted by Crippen LogP contribution is -2.27. The van der Waals surface area contributed by atoms with E-state index >= 15 is 0 Å². The third-order valence-electron chi connectivity index (χ3n) is 5.72. The number of hydrogen-bond acceptors (Lipinski definition) is 2. The number of rotatable bonds is 4. The fraction of sp³-hybridized carbons (Fsp3) is 0.360. The summed E-state index contributed by atoms with van der Waals surface area (Å²) in [5.41, 5.74) is 7.87. The van der Waals surface area contributed by atoms with Gasteiger partial charge in [-0.15, -0.1) is 0 Å². The molecule has 0 unspecified atom stereocenters. The van der Waals surface area contributed by atoms with E-state index in [2.05, 4.69) is 61.9 Å². The standard InChI is InChI=1S/C25H28N2O/c1-16(2)19-7-5-6-17(12-19)13-20-23-21(14-25(3,4)15-22(23)28)27-24(20)18-8-10-26-11-9-18/h5-12,16,27H,13-15H2,1-4H3. The summed E-state index contributed by atoms with van der Waals surface area (Å²) in [5.74, 6) is 0.750. The van der Waals surface area contributed by atoms with Gasteiger partial charge in [-0.1, -0.05) is 52.0 Å². The number of aromatic amines is 1. The minimum atomic E-state index is -0.000715. The Labute approximate surface area is 167 Å². The minimum Gasteiger partial charge on any atom is -0.358 e. The van der Waals surface area contributed by atoms with Crippen molar-refractivity contribution in [2.75, 3.05) is 0 Å². The van der Waals surface area contributed by atoms with Crippen molar-refractivity contribution in [3.8, 4) is 11.3 Å². The van der Waals surface area contributed by atoms with E-state index in [4.69, 9.17) is 0 Å². The monoisotopic (exact) mass is 372 g/mol. The summed E-state index contributed by atoms with van der Waals surface area (Å²) in [4.78, 5) is 20.9. The van der Waals surface area contributed by atoms with E-state index in [9.17, 15) is 4.79 Å². The van der Waals surface area contributed by atoms with E-state index in [0.717, 1.165) is 40.9 Å². The van der Waals surface area contributed by atoms with Crippen LogP contribution in [0.15, 0.2) is 48.8 Å². The van der Waals surface area contributed by atoms with Gasteiger partial charge in [0.25, 0.3) is 0 Å². The van der Waals surface area contributed by atoms with E-state index in [1.807, 2.05) is 24.5 Å². The SMILES string of the molecule is CC(C)c1cccc(Cc2c(-c3ccncc3)[nH]c3c2C(=O)CC(C)(C)C3)c1. The Balaban J connectivity index is 1.84. The first-order valence-corrected chi connectivity index (χ1v) is 10.1. The predicted molar refractivity (Wildman–Crippen MR) is 114 cm³/mol. The fourth-order valence-corrected chi connectivity index (χ4v) is 4.34. The highest BCUT2D eigenvalue weighted by atomic mass is 16.1. The first-order valence-electron chi connectivity index (χ1n) is 10.1. The number of H-pyrrole nitrogens is 1. The number of Topliss-reactive ketones (excluding diaryl/α,β-unsaturated/α-hetero) is 1. The zero-order valence-corrected chi connectivity index (χ0v) is 17.2. The number of nitrogens with zero attached hydrogens (tertiary/aromatic N) is 1. The van der Waals surface area contributed by atoms with Crippen molar-refractivity contribution in [2.45, 2.75) is 52.9 Å². The van der Waals surface area contributed by atoms with Crippen LogP contribution in [0.1, 0.15) is 72.8 Å². The molecule has 1 N–H and O–H groups in total. The predicted octanol–water partition coefficient (Wildman–Crippen LogP) is 5.95. The lowest BCUT2D eigenvalue weighted by molar-refractivity contribution is 0.0911. The smallest absolute Gasteiger partial charge is 0.165 e. The quantitative estimate of drug-likeness (QED) is 0.615. The molecular weight excluding hydrogens is 344 g/mol. The van der Waals surface area contributed by atoms with Gasteiger partial charge < -0.3 is 4.98 Å². The molecule has 0 fully saturated rings. The fourth-order valence-electron chi connectivity index (χ4n) is 4.34. The Bertz CT molecular complexity index is 1010. The summed E-state index contributed by atoms with van der Waals surface area (Å²) in [6, 6.07) is 12.8. The summed E-state index contributed by atoms with van der Waals surface area (Å²) < 4.78 is 0. The summed E-state index contributed by atoms with van der Waals surface area (Å²) in [5, 5.41) is 0. The van der Waals surface area contributed by atoms with Gasteiger partial charge in [-0.3, -0.25) is 9.78 Å². The molecule has 0 saturated carbocycles. The van der Waals surface area contributed by atoms with E-state index in [0.29, 0.717) is 12.3 Å². The molecule has 3 aromatic rings. The molecule has 0 spiro atoms. The minimum absolute atomic E-state index is 0.000715. The van der Waals surface area contributed by atoms with Crippen molar-refractivity contribution in [3.05, 3.63) is 76.7 Å². The number of carbonyl (C=O) groups excluding carboxylic acids is 1. The lowest BCUT2D eigenvalue weighted by Gasteiger charge is -2.28. The number of hydrogen-bond donors (Lipinski definition) is 1. The molecule has 3 nitrogen and oxygen atoms in total. The van der Waals surface area contributed by atoms with Gasteiger partial charge >= 0.3 is 0 Å². The number of pyridine rings is 1. The van der Waals surface area contributed by atoms with Crippen molar-refractivity contribution in [1.29, 1.82) is 0 Å². The number of benzene rings is 1. The van der Waals surface area contributed by atoms with Gasteiger partial charge in [0.2, 0.25) is 0 Å². The van der Waals surface area contributed by atoms with E-state index in [1.165, 1.54) is 11.1 Å². The molecule has 0 aliphatic heterocycles. The molecule has 0 atom stereocenters. The Morgan fingerprint density at radius 2 is 1.86 bits per heavy atom. The van der Waals surface area contributed by atoms with Crippen LogP contribution in [0.4, 0.5) is 0 Å². The first-order chi connectivity index (χ1) is 13.3. The average molecular weight is 373 g/mol. The molecule has 0 bridgehead atoms. The molecule has 1 aromatic carbocycles. The zero-order valence-electron chi connectivity index (χ0n) is 17.2. The number of ketones is 1. The topological polar surface area (TPSA) is 45.8 Å². The largest absolute Gasteiger partial charge is 0.358 e. The maximum Gasteiger partial charge on any atom is 0.165 e. The van der Waals surface area contributed by atoms with Gasteiger partial charge in [-0.2, -0.15) is 0 Å². The molecule has 0 radical (unpaired) electrons. The van der Waals surface area contributed by atoms with E-state index in [1.54, 1.807) is 0 Å². The summed E-state index contributed by atoms with van der Waals surface area (Å²) in [6.07, 6.45) is 5.88. The van der Waals surface area contributed by atoms with E-state index in [-0.39, 0.29) is 11.2 Å². The Hall–Kier alpha value is -2.68. The Kier molecular flexibility index (Phi) is 4.70. The second-order valence-electron chi connectivity index (χ2n) is 9.09. The highest BCUT2D eigenvalue weighted by molar-refractivity contribution is 6.02. The first kappa shape index (κ1) is 18.7. The number of aromatic nitrogens is 2. The number of fused-ring (bicyclic) bond motifs is 1. The van der Waals surface area contributed by atoms with Crippen LogP contribution in [0.5, 0.6) is 0 Å². The van der Waals surface area contributed by atoms with Gasteiger partial charge in [0.15, 0.2) is 5.78 Å². The second-order valence-corrected chi connectivity index (χ2v) is 9.09. The van der Waals surface area contributed by atoms with E-state index < -0.39 is 0 Å². The maximum atomic E-state index is 13.1. The highest BCUT2D eigenvalue weighted by Crippen LogP contribution is 2.40. The molecule has 2 aromatic heterocycles. The third-order valence-corrected chi connectivity index (χ3v) is 5.72. The molecule has 2 heterocycles. The van der Waals surface area contributed by atoms with Crippen LogP contribution in [0.3, 0.4) is 0 Å². The zero-order chi connectivity index (χ0) is 19.9. The van der Waals surface area contributed by atoms with Crippen LogP contribution in [-0.4, -0.2) is 15.8 Å². The van der Waals surface area contributed by atoms with Crippen LogP contribution in [0.25, 0.3) is 11.3 Å². The summed E-state index contributed by atoms with van der Waals surface area (Å²) in [6.45, 7) is 8.77. The van der Waals surface area contributed by atoms with Crippen molar-refractivity contribution >= 4 is 5.78 Å². The molecule has 1 aliphatic carbocycles. The van der Waals surface area contributed by atoms with Gasteiger partial charge in [0, 0.05) is 42.1 Å². The van der Waals surface area contributed by atoms with Gasteiger partial charge in [0.05, 0.1) is 5.69 Å². The van der Waals surface area contributed by atoms with Crippen molar-refractivity contribution in [1.82, 2.24) is 9.97 Å². The van der Waals surface area contributed by atoms with Crippen LogP contribution in [0.2, 0.25) is 0 Å². The van der Waals surface area contributed by atoms with Gasteiger partial charge in [0.1, 0.15) is 0 Å². The molecule has 1 aliphatic rings. The molecule has 144 valence electrons. The Morgan fingerprint density at radius 1 is 1.11 bits per heavy atom. The van der Waals surface area contributed by atoms with Crippen molar-refractivity contribution in [2.24, 2.45) is 5.41 Å². The molecular formula is C25H28N2O. The summed E-state index contributed by atoms with van der Waals surface area (Å²) >= 11 is 0. The van der Waals surface area contributed by atoms with Crippen molar-refractivity contribution < 1.29 is 4.79 Å². The molecule has 28 heavy (non-hydrogen) atoms. The number of nitrogens with one attached hydrogen (secondary N) is 1. The van der Waals surface area contributed by atoms with Crippen LogP contribution >= 0.6 is 0 Å². The van der Waals surface area contributed by atoms with Crippen molar-refractivity contribution in [3.63, 3.8) is 0 Å². The summed E-state index contributed by atoms with van der Waals surface area (Å²) in [7, 11) is 0. The van der Waals surface area contributed by atoms with Crippen LogP contribution in [0, 0.1) is 5.41 Å². The number of carbonyl (C=O) groups is 1. The molecule has 0 saturated heterocycles. The van der Waals surface area contributed by atoms with Crippen LogP contribution < -0.4 is 0 Å². The average Bonchev–Trinajstić information content (AvgIpc) is 2.99. The second kappa shape index (κ2) is 7.05. The lowest BCUT2D eigenvalue weighted by atomic mass is 9.75. The Morgan fingerprint density at radius 3 is 2.57 bits per heavy atom. The van der Waals surface area contributed by atoms with Gasteiger partial charge in [-0.25, -0.2) is 0 Å². The van der Waals surface area contributed by atoms with Gasteiger partial charge in [-0.05, 0) is 46.6 Å². The third kappa shape index (κ3) is 3.54. The van der Waals surface area contributed by atoms with Crippen LogP contribution in [-0.2, 0) is 12.8 Å². The highest BCUT2D eigenvalue weighted by Gasteiger charge is 2.35. The maximum absolute atomic E-state index is 13.1. The molecule has 4 rings (SSSR count). The molecule has 3 heteroatoms.